The molecule has 0 rings (SSSR count). The Morgan fingerprint density at radius 2 is 0.731 bits per heavy atom. The van der Waals surface area contributed by atoms with Gasteiger partial charge >= 0.3 is 19.8 Å². The lowest BCUT2D eigenvalue weighted by molar-refractivity contribution is -0.870. The fourth-order valence-electron chi connectivity index (χ4n) is 7.96. The zero-order valence-electron chi connectivity index (χ0n) is 50.3. The Morgan fingerprint density at radius 3 is 1.09 bits per heavy atom. The van der Waals surface area contributed by atoms with Crippen LogP contribution in [0.4, 0.5) is 0 Å². The molecule has 2 atom stereocenters. The lowest BCUT2D eigenvalue weighted by Gasteiger charge is -2.24. The van der Waals surface area contributed by atoms with Crippen LogP contribution in [0.15, 0.2) is 134 Å². The minimum absolute atomic E-state index is 0.0192. The molecule has 10 heteroatoms. The van der Waals surface area contributed by atoms with Crippen molar-refractivity contribution in [1.29, 1.82) is 0 Å². The second-order valence-corrected chi connectivity index (χ2v) is 22.8. The summed E-state index contributed by atoms with van der Waals surface area (Å²) in [7, 11) is 1.44. The Bertz CT molecular complexity index is 1780. The first-order valence-corrected chi connectivity index (χ1v) is 32.4. The normalized spacial score (nSPS) is 14.2. The van der Waals surface area contributed by atoms with Crippen LogP contribution in [0.2, 0.25) is 0 Å². The van der Waals surface area contributed by atoms with Crippen LogP contribution >= 0.6 is 7.82 Å². The maximum absolute atomic E-state index is 12.8. The highest BCUT2D eigenvalue weighted by Gasteiger charge is 2.27. The van der Waals surface area contributed by atoms with Gasteiger partial charge in [-0.2, -0.15) is 0 Å². The molecule has 0 aliphatic heterocycles. The van der Waals surface area contributed by atoms with Gasteiger partial charge < -0.3 is 18.9 Å². The summed E-state index contributed by atoms with van der Waals surface area (Å²) in [5.41, 5.74) is 0. The number of allylic oxidation sites excluding steroid dienone is 22. The Balaban J connectivity index is 4.23. The summed E-state index contributed by atoms with van der Waals surface area (Å²) in [6.45, 7) is 4.28. The smallest absolute Gasteiger partial charge is 0.462 e. The van der Waals surface area contributed by atoms with Crippen LogP contribution in [0.25, 0.3) is 0 Å². The molecule has 0 bridgehead atoms. The molecule has 0 amide bonds. The predicted molar refractivity (Wildman–Crippen MR) is 334 cm³/mol. The summed E-state index contributed by atoms with van der Waals surface area (Å²) in [5, 5.41) is 0. The van der Waals surface area contributed by atoms with Crippen molar-refractivity contribution in [1.82, 2.24) is 0 Å². The third-order valence-electron chi connectivity index (χ3n) is 12.7. The van der Waals surface area contributed by atoms with E-state index in [0.29, 0.717) is 17.4 Å². The number of hydrogen-bond acceptors (Lipinski definition) is 7. The quantitative estimate of drug-likeness (QED) is 0.0211. The lowest BCUT2D eigenvalue weighted by Crippen LogP contribution is -2.37. The van der Waals surface area contributed by atoms with Crippen molar-refractivity contribution >= 4 is 19.8 Å². The summed E-state index contributed by atoms with van der Waals surface area (Å²) in [4.78, 5) is 35.7. The van der Waals surface area contributed by atoms with E-state index >= 15 is 0 Å². The number of phosphoric acid groups is 1. The molecule has 0 aromatic heterocycles. The van der Waals surface area contributed by atoms with E-state index in [9.17, 15) is 19.0 Å². The maximum Gasteiger partial charge on any atom is 0.472 e. The third kappa shape index (κ3) is 61.4. The van der Waals surface area contributed by atoms with Crippen LogP contribution < -0.4 is 0 Å². The molecule has 0 aromatic carbocycles. The number of carbonyl (C=O) groups is 2. The van der Waals surface area contributed by atoms with Crippen LogP contribution in [0.5, 0.6) is 0 Å². The van der Waals surface area contributed by atoms with Gasteiger partial charge in [0.15, 0.2) is 6.10 Å². The third-order valence-corrected chi connectivity index (χ3v) is 13.7. The number of esters is 2. The van der Waals surface area contributed by atoms with Gasteiger partial charge in [-0.1, -0.05) is 257 Å². The monoisotopic (exact) mass is 1100 g/mol. The molecule has 0 spiro atoms. The fourth-order valence-corrected chi connectivity index (χ4v) is 8.70. The van der Waals surface area contributed by atoms with Crippen molar-refractivity contribution in [2.24, 2.45) is 0 Å². The van der Waals surface area contributed by atoms with Crippen LogP contribution in [0.3, 0.4) is 0 Å². The molecule has 78 heavy (non-hydrogen) atoms. The van der Waals surface area contributed by atoms with E-state index in [0.717, 1.165) is 109 Å². The second-order valence-electron chi connectivity index (χ2n) is 21.4. The number of ether oxygens (including phenoxy) is 2. The fraction of sp³-hybridized carbons (Fsp3) is 0.647. The molecule has 0 aromatic rings. The van der Waals surface area contributed by atoms with Gasteiger partial charge in [-0.05, 0) is 96.3 Å². The Kier molecular flexibility index (Phi) is 55.0. The minimum atomic E-state index is -4.40. The zero-order chi connectivity index (χ0) is 57.0. The zero-order valence-corrected chi connectivity index (χ0v) is 51.2. The van der Waals surface area contributed by atoms with E-state index < -0.39 is 26.5 Å². The standard InChI is InChI=1S/C68H114NO8P/c1-6-8-10-12-14-16-18-20-22-24-25-26-27-28-29-30-31-32-33-34-35-36-37-38-39-40-41-42-43-45-47-49-51-53-55-57-59-61-68(71)77-66(65-76-78(72,73)75-63-62-69(3,4)5)64-74-67(70)60-58-56-54-52-50-48-46-44-23-21-19-17-15-13-11-9-7-2/h8,10,14,16,20,22,25-26,28-29,31-32,34-35,37-38,40-41,43,45,49,51,66H,6-7,9,11-13,15,17-19,21,23-24,27,30,33,36,39,42,44,46-48,50,52-65H2,1-5H3/p+1/b10-8-,16-14-,22-20-,26-25-,29-28-,32-31-,35-34-,38-37-,41-40-,45-43-,51-49-. The first-order valence-electron chi connectivity index (χ1n) is 30.9. The van der Waals surface area contributed by atoms with E-state index in [1.807, 2.05) is 21.1 Å². The van der Waals surface area contributed by atoms with Crippen LogP contribution in [-0.2, 0) is 32.7 Å². The van der Waals surface area contributed by atoms with Crippen molar-refractivity contribution in [2.75, 3.05) is 47.5 Å². The highest BCUT2D eigenvalue weighted by molar-refractivity contribution is 7.47. The molecule has 0 saturated carbocycles. The molecule has 0 saturated heterocycles. The van der Waals surface area contributed by atoms with Crippen LogP contribution in [0, 0.1) is 0 Å². The maximum atomic E-state index is 12.8. The van der Waals surface area contributed by atoms with Gasteiger partial charge in [-0.15, -0.1) is 0 Å². The van der Waals surface area contributed by atoms with E-state index in [-0.39, 0.29) is 32.0 Å². The number of hydrogen-bond donors (Lipinski definition) is 1. The largest absolute Gasteiger partial charge is 0.472 e. The van der Waals surface area contributed by atoms with Crippen molar-refractivity contribution in [2.45, 2.75) is 238 Å². The van der Waals surface area contributed by atoms with Crippen molar-refractivity contribution in [3.05, 3.63) is 134 Å². The Morgan fingerprint density at radius 1 is 0.410 bits per heavy atom. The number of nitrogens with zero attached hydrogens (tertiary/aromatic N) is 1. The van der Waals surface area contributed by atoms with E-state index in [1.54, 1.807) is 0 Å². The number of phosphoric ester groups is 1. The molecule has 0 radical (unpaired) electrons. The second kappa shape index (κ2) is 57.8. The first kappa shape index (κ1) is 74.2. The van der Waals surface area contributed by atoms with Crippen LogP contribution in [-0.4, -0.2) is 74.9 Å². The number of likely N-dealkylation sites (N-methyl/N-ethyl adjacent to an activating group) is 1. The SMILES string of the molecule is CC/C=C\C/C=C\C/C=C\C/C=C\C/C=C\C/C=C\C/C=C\C/C=C\C/C=C\C/C=C\C/C=C\CCCCCC(=O)OC(COC(=O)CCCCCCCCCCCCCCCCCCC)COP(=O)(O)OCC[N+](C)(C)C. The van der Waals surface area contributed by atoms with E-state index in [2.05, 4.69) is 148 Å². The summed E-state index contributed by atoms with van der Waals surface area (Å²) in [6, 6.07) is 0. The first-order chi connectivity index (χ1) is 38.0. The molecule has 0 aliphatic rings. The van der Waals surface area contributed by atoms with E-state index in [1.165, 1.54) is 89.9 Å². The highest BCUT2D eigenvalue weighted by Crippen LogP contribution is 2.43. The molecule has 9 nitrogen and oxygen atoms in total. The van der Waals surface area contributed by atoms with Gasteiger partial charge in [0, 0.05) is 12.8 Å². The van der Waals surface area contributed by atoms with Crippen LogP contribution in [0.1, 0.15) is 232 Å². The van der Waals surface area contributed by atoms with Gasteiger partial charge in [-0.3, -0.25) is 18.6 Å². The predicted octanol–water partition coefficient (Wildman–Crippen LogP) is 19.7. The number of carbonyl (C=O) groups excluding carboxylic acids is 2. The molecular formula is C68H115NO8P+. The molecule has 444 valence electrons. The number of unbranched alkanes of at least 4 members (excludes halogenated alkanes) is 19. The minimum Gasteiger partial charge on any atom is -0.462 e. The molecule has 0 fully saturated rings. The van der Waals surface area contributed by atoms with Gasteiger partial charge in [0.25, 0.3) is 0 Å². The average Bonchev–Trinajstić information content (AvgIpc) is 3.41. The lowest BCUT2D eigenvalue weighted by atomic mass is 10.0. The van der Waals surface area contributed by atoms with E-state index in [4.69, 9.17) is 18.5 Å². The van der Waals surface area contributed by atoms with Crippen molar-refractivity contribution in [3.8, 4) is 0 Å². The number of rotatable bonds is 55. The molecule has 0 heterocycles. The summed E-state index contributed by atoms with van der Waals surface area (Å²) < 4.78 is 34.5. The number of quaternary nitrogens is 1. The van der Waals surface area contributed by atoms with Gasteiger partial charge in [0.05, 0.1) is 27.7 Å². The summed E-state index contributed by atoms with van der Waals surface area (Å²) in [6.07, 6.45) is 83.9. The average molecular weight is 1110 g/mol. The van der Waals surface area contributed by atoms with Crippen molar-refractivity contribution < 1.29 is 42.1 Å². The summed E-state index contributed by atoms with van der Waals surface area (Å²) in [5.74, 6) is -0.839. The van der Waals surface area contributed by atoms with Gasteiger partial charge in [0.1, 0.15) is 19.8 Å². The molecule has 2 unspecified atom stereocenters. The Labute approximate surface area is 479 Å². The van der Waals surface area contributed by atoms with Gasteiger partial charge in [-0.25, -0.2) is 4.57 Å². The van der Waals surface area contributed by atoms with Crippen molar-refractivity contribution in [3.63, 3.8) is 0 Å². The highest BCUT2D eigenvalue weighted by atomic mass is 31.2. The molecule has 0 aliphatic carbocycles. The topological polar surface area (TPSA) is 108 Å². The molecular weight excluding hydrogens is 990 g/mol. The Hall–Kier alpha value is -3.85. The molecule has 1 N–H and O–H groups in total. The van der Waals surface area contributed by atoms with Gasteiger partial charge in [0.2, 0.25) is 0 Å². The summed E-state index contributed by atoms with van der Waals surface area (Å²) >= 11 is 0.